The summed E-state index contributed by atoms with van der Waals surface area (Å²) in [5.74, 6) is 0.186. The first-order valence-corrected chi connectivity index (χ1v) is 8.81. The van der Waals surface area contributed by atoms with Crippen molar-refractivity contribution in [3.05, 3.63) is 53.3 Å². The number of nitrogens with zero attached hydrogens (tertiary/aromatic N) is 3. The molecular formula is C19H19ClN4O. The fourth-order valence-corrected chi connectivity index (χ4v) is 3.50. The van der Waals surface area contributed by atoms with E-state index in [-0.39, 0.29) is 23.8 Å². The molecule has 1 aliphatic rings. The average Bonchev–Trinajstić information content (AvgIpc) is 3.27. The van der Waals surface area contributed by atoms with Gasteiger partial charge in [0.1, 0.15) is 0 Å². The number of anilines is 1. The number of fused-ring (bicyclic) bond motifs is 1. The minimum absolute atomic E-state index is 0.0160. The van der Waals surface area contributed by atoms with Crippen LogP contribution in [0.25, 0.3) is 11.0 Å². The molecule has 2 aromatic heterocycles. The second-order valence-electron chi connectivity index (χ2n) is 6.78. The number of hydrogen-bond acceptors (Lipinski definition) is 3. The van der Waals surface area contributed by atoms with Crippen LogP contribution >= 0.6 is 11.6 Å². The molecule has 2 unspecified atom stereocenters. The number of carbonyl (C=O) groups excluding carboxylic acids is 1. The van der Waals surface area contributed by atoms with Crippen LogP contribution < -0.4 is 5.32 Å². The number of benzene rings is 1. The van der Waals surface area contributed by atoms with Gasteiger partial charge in [-0.05, 0) is 43.9 Å². The van der Waals surface area contributed by atoms with Gasteiger partial charge >= 0.3 is 0 Å². The molecule has 1 aliphatic carbocycles. The number of carbonyl (C=O) groups is 1. The van der Waals surface area contributed by atoms with Crippen LogP contribution in [0.2, 0.25) is 5.02 Å². The molecule has 0 aliphatic heterocycles. The fourth-order valence-electron chi connectivity index (χ4n) is 3.23. The van der Waals surface area contributed by atoms with Gasteiger partial charge in [-0.2, -0.15) is 5.10 Å². The number of rotatable bonds is 4. The first kappa shape index (κ1) is 16.1. The van der Waals surface area contributed by atoms with Crippen LogP contribution in [0.1, 0.15) is 37.8 Å². The third kappa shape index (κ3) is 3.00. The predicted molar refractivity (Wildman–Crippen MR) is 98.8 cm³/mol. The van der Waals surface area contributed by atoms with Crippen molar-refractivity contribution < 1.29 is 4.79 Å². The van der Waals surface area contributed by atoms with Crippen molar-refractivity contribution in [2.45, 2.75) is 32.2 Å². The van der Waals surface area contributed by atoms with E-state index in [1.807, 2.05) is 35.0 Å². The molecule has 1 saturated carbocycles. The van der Waals surface area contributed by atoms with E-state index in [2.05, 4.69) is 29.2 Å². The lowest BCUT2D eigenvalue weighted by atomic mass is 10.1. The van der Waals surface area contributed by atoms with Crippen molar-refractivity contribution in [1.82, 2.24) is 14.8 Å². The Morgan fingerprint density at radius 3 is 2.88 bits per heavy atom. The van der Waals surface area contributed by atoms with Crippen molar-refractivity contribution in [2.75, 3.05) is 5.32 Å². The third-order valence-electron chi connectivity index (χ3n) is 4.62. The first-order chi connectivity index (χ1) is 12.0. The summed E-state index contributed by atoms with van der Waals surface area (Å²) in [6.45, 7) is 4.12. The second-order valence-corrected chi connectivity index (χ2v) is 7.19. The molecule has 1 amide bonds. The van der Waals surface area contributed by atoms with Crippen LogP contribution in [0.3, 0.4) is 0 Å². The van der Waals surface area contributed by atoms with Crippen molar-refractivity contribution in [3.63, 3.8) is 0 Å². The Morgan fingerprint density at radius 1 is 1.32 bits per heavy atom. The molecule has 6 heteroatoms. The zero-order valence-corrected chi connectivity index (χ0v) is 14.9. The van der Waals surface area contributed by atoms with Crippen molar-refractivity contribution in [2.24, 2.45) is 5.92 Å². The molecule has 5 nitrogen and oxygen atoms in total. The molecule has 0 spiro atoms. The Hall–Kier alpha value is -2.40. The van der Waals surface area contributed by atoms with Crippen LogP contribution in [-0.2, 0) is 4.79 Å². The molecule has 1 N–H and O–H groups in total. The third-order valence-corrected chi connectivity index (χ3v) is 4.97. The zero-order chi connectivity index (χ0) is 17.6. The smallest absolute Gasteiger partial charge is 0.228 e. The maximum Gasteiger partial charge on any atom is 0.228 e. The number of halogens is 1. The topological polar surface area (TPSA) is 59.8 Å². The van der Waals surface area contributed by atoms with Crippen LogP contribution in [-0.4, -0.2) is 20.7 Å². The lowest BCUT2D eigenvalue weighted by Gasteiger charge is -2.08. The van der Waals surface area contributed by atoms with E-state index in [9.17, 15) is 4.79 Å². The maximum atomic E-state index is 12.5. The van der Waals surface area contributed by atoms with Crippen molar-refractivity contribution in [1.29, 1.82) is 0 Å². The van der Waals surface area contributed by atoms with Gasteiger partial charge in [0.05, 0.1) is 18.1 Å². The highest BCUT2D eigenvalue weighted by Crippen LogP contribution is 2.50. The summed E-state index contributed by atoms with van der Waals surface area (Å²) in [5, 5.41) is 8.97. The fraction of sp³-hybridized carbons (Fsp3) is 0.316. The molecule has 4 rings (SSSR count). The summed E-state index contributed by atoms with van der Waals surface area (Å²) < 4.78 is 1.87. The van der Waals surface area contributed by atoms with E-state index in [1.165, 1.54) is 0 Å². The number of nitrogens with one attached hydrogen (secondary N) is 1. The molecule has 25 heavy (non-hydrogen) atoms. The molecule has 1 fully saturated rings. The van der Waals surface area contributed by atoms with E-state index in [0.29, 0.717) is 5.69 Å². The molecule has 128 valence electrons. The lowest BCUT2D eigenvalue weighted by Crippen LogP contribution is -2.14. The molecule has 0 radical (unpaired) electrons. The summed E-state index contributed by atoms with van der Waals surface area (Å²) in [6, 6.07) is 9.88. The Kier molecular flexibility index (Phi) is 3.96. The van der Waals surface area contributed by atoms with Crippen molar-refractivity contribution >= 4 is 34.2 Å². The van der Waals surface area contributed by atoms with Crippen LogP contribution in [0.5, 0.6) is 0 Å². The number of amides is 1. The summed E-state index contributed by atoms with van der Waals surface area (Å²) >= 11 is 6.23. The van der Waals surface area contributed by atoms with Crippen LogP contribution in [0, 0.1) is 5.92 Å². The van der Waals surface area contributed by atoms with Gasteiger partial charge in [0.2, 0.25) is 5.91 Å². The molecule has 0 bridgehead atoms. The molecule has 2 heterocycles. The minimum Gasteiger partial charge on any atom is -0.324 e. The molecular weight excluding hydrogens is 336 g/mol. The highest BCUT2D eigenvalue weighted by molar-refractivity contribution is 6.31. The summed E-state index contributed by atoms with van der Waals surface area (Å²) in [5.41, 5.74) is 2.58. The van der Waals surface area contributed by atoms with Gasteiger partial charge < -0.3 is 5.32 Å². The first-order valence-electron chi connectivity index (χ1n) is 8.43. The summed E-state index contributed by atoms with van der Waals surface area (Å²) in [4.78, 5) is 17.0. The van der Waals surface area contributed by atoms with E-state index < -0.39 is 0 Å². The van der Waals surface area contributed by atoms with Gasteiger partial charge in [0, 0.05) is 22.4 Å². The summed E-state index contributed by atoms with van der Waals surface area (Å²) in [7, 11) is 0. The number of hydrogen-bond donors (Lipinski definition) is 1. The number of aromatic nitrogens is 3. The molecule has 2 atom stereocenters. The van der Waals surface area contributed by atoms with Crippen molar-refractivity contribution in [3.8, 4) is 0 Å². The Balaban J connectivity index is 1.49. The SMILES string of the molecule is CC(C)n1ncc2cc(NC(=O)C3CC3c3ccccc3Cl)cnc21. The maximum absolute atomic E-state index is 12.5. The van der Waals surface area contributed by atoms with Gasteiger partial charge in [0.15, 0.2) is 5.65 Å². The van der Waals surface area contributed by atoms with Gasteiger partial charge in [-0.1, -0.05) is 29.8 Å². The normalized spacial score (nSPS) is 19.4. The van der Waals surface area contributed by atoms with Gasteiger partial charge in [0.25, 0.3) is 0 Å². The zero-order valence-electron chi connectivity index (χ0n) is 14.1. The summed E-state index contributed by atoms with van der Waals surface area (Å²) in [6.07, 6.45) is 4.30. The van der Waals surface area contributed by atoms with Gasteiger partial charge in [-0.15, -0.1) is 0 Å². The van der Waals surface area contributed by atoms with Crippen LogP contribution in [0.15, 0.2) is 42.7 Å². The highest BCUT2D eigenvalue weighted by Gasteiger charge is 2.44. The standard InChI is InChI=1S/C19H19ClN4O/c1-11(2)24-18-12(9-22-24)7-13(10-21-18)23-19(25)16-8-15(16)14-5-3-4-6-17(14)20/h3-7,9-11,15-16H,8H2,1-2H3,(H,23,25). The Labute approximate surface area is 151 Å². The predicted octanol–water partition coefficient (Wildman–Crippen LogP) is 4.41. The average molecular weight is 355 g/mol. The van der Waals surface area contributed by atoms with Gasteiger partial charge in [-0.3, -0.25) is 4.79 Å². The lowest BCUT2D eigenvalue weighted by molar-refractivity contribution is -0.117. The van der Waals surface area contributed by atoms with E-state index in [0.717, 1.165) is 28.0 Å². The Morgan fingerprint density at radius 2 is 2.12 bits per heavy atom. The monoisotopic (exact) mass is 354 g/mol. The van der Waals surface area contributed by atoms with Crippen LogP contribution in [0.4, 0.5) is 5.69 Å². The van der Waals surface area contributed by atoms with Gasteiger partial charge in [-0.25, -0.2) is 9.67 Å². The van der Waals surface area contributed by atoms with E-state index in [1.54, 1.807) is 12.4 Å². The minimum atomic E-state index is -0.0333. The Bertz CT molecular complexity index is 950. The molecule has 0 saturated heterocycles. The molecule has 3 aromatic rings. The van der Waals surface area contributed by atoms with E-state index >= 15 is 0 Å². The molecule has 1 aromatic carbocycles. The second kappa shape index (κ2) is 6.15. The van der Waals surface area contributed by atoms with E-state index in [4.69, 9.17) is 11.6 Å². The quantitative estimate of drug-likeness (QED) is 0.755. The largest absolute Gasteiger partial charge is 0.324 e. The highest BCUT2D eigenvalue weighted by atomic mass is 35.5. The number of pyridine rings is 1.